The van der Waals surface area contributed by atoms with E-state index in [9.17, 15) is 14.4 Å². The molecule has 0 aliphatic carbocycles. The van der Waals surface area contributed by atoms with E-state index in [0.717, 1.165) is 93.9 Å². The van der Waals surface area contributed by atoms with Crippen molar-refractivity contribution in [2.75, 3.05) is 26.7 Å². The molecule has 0 unspecified atom stereocenters. The van der Waals surface area contributed by atoms with Crippen LogP contribution in [0.5, 0.6) is 0 Å². The molecule has 286 valence electrons. The molecule has 6 aromatic rings. The number of aromatic amines is 2. The van der Waals surface area contributed by atoms with Gasteiger partial charge < -0.3 is 24.9 Å². The number of nitrogens with one attached hydrogen (secondary N) is 3. The highest BCUT2D eigenvalue weighted by atomic mass is 16.5. The lowest BCUT2D eigenvalue weighted by Gasteiger charge is -2.30. The maximum absolute atomic E-state index is 13.6. The second kappa shape index (κ2) is 16.0. The maximum Gasteiger partial charge on any atom is 0.407 e. The molecule has 2 aliphatic rings. The fraction of sp³-hybridized carbons (Fsp3) is 0.311. The lowest BCUT2D eigenvalue weighted by Crippen LogP contribution is -2.51. The Morgan fingerprint density at radius 1 is 0.750 bits per heavy atom. The molecule has 4 aromatic carbocycles. The van der Waals surface area contributed by atoms with Gasteiger partial charge in [0.05, 0.1) is 49.5 Å². The average molecular weight is 750 g/mol. The van der Waals surface area contributed by atoms with Crippen LogP contribution in [-0.4, -0.2) is 80.3 Å². The minimum atomic E-state index is -0.677. The minimum Gasteiger partial charge on any atom is -0.453 e. The molecule has 0 saturated carbocycles. The Bertz CT molecular complexity index is 2350. The van der Waals surface area contributed by atoms with Crippen LogP contribution in [0.15, 0.2) is 103 Å². The number of hydrogen-bond acceptors (Lipinski definition) is 7. The SMILES string of the molecule is COC(=O)N[C@H](C(=O)N1CCC[C@H]1c1ncc(-c2ccc3cc(-c4ccc(-c5cnc([C@@H]6CCCN6CC(=O)c6ccccc6)[nH]5)cc4)ccc3c2)[nH]1)C(C)C. The van der Waals surface area contributed by atoms with Crippen LogP contribution in [0.3, 0.4) is 0 Å². The van der Waals surface area contributed by atoms with Crippen LogP contribution in [-0.2, 0) is 9.53 Å². The first kappa shape index (κ1) is 36.9. The molecule has 2 aromatic heterocycles. The Labute approximate surface area is 326 Å². The van der Waals surface area contributed by atoms with Gasteiger partial charge in [0.15, 0.2) is 5.78 Å². The summed E-state index contributed by atoms with van der Waals surface area (Å²) in [6, 6.07) is 30.1. The second-order valence-electron chi connectivity index (χ2n) is 15.2. The van der Waals surface area contributed by atoms with Gasteiger partial charge in [0.1, 0.15) is 17.7 Å². The van der Waals surface area contributed by atoms with Gasteiger partial charge in [0.2, 0.25) is 5.91 Å². The number of hydrogen-bond donors (Lipinski definition) is 3. The largest absolute Gasteiger partial charge is 0.453 e. The molecule has 2 saturated heterocycles. The van der Waals surface area contributed by atoms with Gasteiger partial charge in [-0.2, -0.15) is 0 Å². The number of amides is 2. The van der Waals surface area contributed by atoms with Gasteiger partial charge in [0, 0.05) is 17.7 Å². The molecule has 11 nitrogen and oxygen atoms in total. The highest BCUT2D eigenvalue weighted by Gasteiger charge is 2.37. The number of carbonyl (C=O) groups is 3. The number of ether oxygens (including phenoxy) is 1. The summed E-state index contributed by atoms with van der Waals surface area (Å²) in [4.78, 5) is 59.0. The number of ketones is 1. The third-order valence-electron chi connectivity index (χ3n) is 11.2. The van der Waals surface area contributed by atoms with E-state index >= 15 is 0 Å². The lowest BCUT2D eigenvalue weighted by molar-refractivity contribution is -0.135. The first-order valence-electron chi connectivity index (χ1n) is 19.5. The molecule has 8 rings (SSSR count). The minimum absolute atomic E-state index is 0.0946. The van der Waals surface area contributed by atoms with Gasteiger partial charge in [-0.15, -0.1) is 0 Å². The Morgan fingerprint density at radius 3 is 2.04 bits per heavy atom. The number of methoxy groups -OCH3 is 1. The summed E-state index contributed by atoms with van der Waals surface area (Å²) in [6.07, 6.45) is 6.78. The number of nitrogens with zero attached hydrogens (tertiary/aromatic N) is 4. The van der Waals surface area contributed by atoms with Crippen LogP contribution in [0.2, 0.25) is 0 Å². The zero-order chi connectivity index (χ0) is 38.8. The maximum atomic E-state index is 13.6. The van der Waals surface area contributed by atoms with Crippen LogP contribution >= 0.6 is 0 Å². The molecule has 11 heteroatoms. The van der Waals surface area contributed by atoms with E-state index in [2.05, 4.69) is 80.8 Å². The summed E-state index contributed by atoms with van der Waals surface area (Å²) in [5.41, 5.74) is 6.91. The predicted molar refractivity (Wildman–Crippen MR) is 217 cm³/mol. The Balaban J connectivity index is 0.934. The number of carbonyl (C=O) groups excluding carboxylic acids is 3. The normalized spacial score (nSPS) is 17.8. The molecular weight excluding hydrogens is 703 g/mol. The predicted octanol–water partition coefficient (Wildman–Crippen LogP) is 8.35. The first-order chi connectivity index (χ1) is 27.2. The van der Waals surface area contributed by atoms with Crippen molar-refractivity contribution in [3.8, 4) is 33.6 Å². The van der Waals surface area contributed by atoms with Crippen molar-refractivity contribution in [1.82, 2.24) is 35.1 Å². The van der Waals surface area contributed by atoms with Crippen molar-refractivity contribution in [2.24, 2.45) is 5.92 Å². The van der Waals surface area contributed by atoms with Crippen molar-refractivity contribution in [3.63, 3.8) is 0 Å². The molecule has 2 amide bonds. The number of fused-ring (bicyclic) bond motifs is 1. The molecule has 0 bridgehead atoms. The van der Waals surface area contributed by atoms with E-state index in [1.165, 1.54) is 7.11 Å². The van der Waals surface area contributed by atoms with Gasteiger partial charge >= 0.3 is 6.09 Å². The number of alkyl carbamates (subject to hydrolysis) is 1. The molecule has 2 aliphatic heterocycles. The van der Waals surface area contributed by atoms with Gasteiger partial charge in [-0.25, -0.2) is 14.8 Å². The number of aromatic nitrogens is 4. The smallest absolute Gasteiger partial charge is 0.407 e. The van der Waals surface area contributed by atoms with E-state index in [1.807, 2.05) is 61.5 Å². The summed E-state index contributed by atoms with van der Waals surface area (Å²) in [6.45, 7) is 5.70. The van der Waals surface area contributed by atoms with Gasteiger partial charge in [-0.3, -0.25) is 14.5 Å². The number of H-pyrrole nitrogens is 2. The molecular formula is C45H47N7O4. The van der Waals surface area contributed by atoms with E-state index in [-0.39, 0.29) is 29.7 Å². The zero-order valence-electron chi connectivity index (χ0n) is 32.0. The highest BCUT2D eigenvalue weighted by Crippen LogP contribution is 2.35. The third kappa shape index (κ3) is 7.59. The number of imidazole rings is 2. The number of likely N-dealkylation sites (tertiary alicyclic amines) is 2. The van der Waals surface area contributed by atoms with E-state index in [1.54, 1.807) is 0 Å². The fourth-order valence-electron chi connectivity index (χ4n) is 8.16. The van der Waals surface area contributed by atoms with E-state index < -0.39 is 12.1 Å². The molecule has 0 radical (unpaired) electrons. The van der Waals surface area contributed by atoms with Crippen LogP contribution < -0.4 is 5.32 Å². The van der Waals surface area contributed by atoms with Crippen LogP contribution in [0.4, 0.5) is 4.79 Å². The molecule has 56 heavy (non-hydrogen) atoms. The topological polar surface area (TPSA) is 136 Å². The Kier molecular flexibility index (Phi) is 10.5. The highest BCUT2D eigenvalue weighted by molar-refractivity contribution is 5.97. The Hall–Kier alpha value is -6.07. The second-order valence-corrected chi connectivity index (χ2v) is 15.2. The molecule has 2 fully saturated rings. The van der Waals surface area contributed by atoms with Crippen LogP contribution in [0.1, 0.15) is 73.6 Å². The molecule has 3 atom stereocenters. The summed E-state index contributed by atoms with van der Waals surface area (Å²) < 4.78 is 4.77. The molecule has 4 heterocycles. The first-order valence-corrected chi connectivity index (χ1v) is 19.5. The zero-order valence-corrected chi connectivity index (χ0v) is 32.0. The van der Waals surface area contributed by atoms with Crippen LogP contribution in [0, 0.1) is 5.92 Å². The van der Waals surface area contributed by atoms with Gasteiger partial charge in [-0.1, -0.05) is 92.7 Å². The fourth-order valence-corrected chi connectivity index (χ4v) is 8.16. The number of Topliss-reactive ketones (excluding diaryl/α,β-unsaturated/α-hetero) is 1. The third-order valence-corrected chi connectivity index (χ3v) is 11.2. The monoisotopic (exact) mass is 749 g/mol. The summed E-state index contributed by atoms with van der Waals surface area (Å²) in [5.74, 6) is 1.56. The van der Waals surface area contributed by atoms with Gasteiger partial charge in [-0.05, 0) is 77.7 Å². The molecule has 3 N–H and O–H groups in total. The van der Waals surface area contributed by atoms with Crippen molar-refractivity contribution in [1.29, 1.82) is 0 Å². The van der Waals surface area contributed by atoms with Gasteiger partial charge in [0.25, 0.3) is 0 Å². The van der Waals surface area contributed by atoms with E-state index in [4.69, 9.17) is 14.7 Å². The van der Waals surface area contributed by atoms with Crippen molar-refractivity contribution >= 4 is 28.6 Å². The lowest BCUT2D eigenvalue weighted by atomic mass is 9.98. The average Bonchev–Trinajstić information content (AvgIpc) is 4.07. The number of benzene rings is 4. The van der Waals surface area contributed by atoms with E-state index in [0.29, 0.717) is 13.1 Å². The van der Waals surface area contributed by atoms with Crippen molar-refractivity contribution in [2.45, 2.75) is 57.7 Å². The van der Waals surface area contributed by atoms with Crippen molar-refractivity contribution < 1.29 is 19.1 Å². The van der Waals surface area contributed by atoms with Crippen LogP contribution in [0.25, 0.3) is 44.4 Å². The summed E-state index contributed by atoms with van der Waals surface area (Å²) in [7, 11) is 1.30. The number of rotatable bonds is 11. The quantitative estimate of drug-likeness (QED) is 0.113. The standard InChI is InChI=1S/C45H47N7O4/c1-28(2)41(50-45(55)56-3)44(54)52-22-8-12-39(52)43-47-26-37(49-43)35-20-19-33-23-32(17-18-34(33)24-35)29-13-15-30(16-14-29)36-25-46-42(48-36)38-11-7-21-51(38)27-40(53)31-9-5-4-6-10-31/h4-6,9-10,13-20,23-26,28,38-39,41H,7-8,11-12,21-22,27H2,1-3H3,(H,46,48)(H,47,49)(H,50,55)/t38-,39-,41-/m0/s1. The summed E-state index contributed by atoms with van der Waals surface area (Å²) in [5, 5.41) is 4.95. The summed E-state index contributed by atoms with van der Waals surface area (Å²) >= 11 is 0. The Morgan fingerprint density at radius 2 is 1.34 bits per heavy atom. The molecule has 0 spiro atoms. The van der Waals surface area contributed by atoms with Crippen molar-refractivity contribution in [3.05, 3.63) is 121 Å².